The maximum atomic E-state index is 4.96. The van der Waals surface area contributed by atoms with Crippen LogP contribution in [0.2, 0.25) is 0 Å². The molecule has 2 aliphatic rings. The molecule has 5 aromatic rings. The Bertz CT molecular complexity index is 1650. The van der Waals surface area contributed by atoms with Crippen molar-refractivity contribution in [3.05, 3.63) is 78.4 Å². The summed E-state index contributed by atoms with van der Waals surface area (Å²) in [5.41, 5.74) is 9.22. The van der Waals surface area contributed by atoms with Crippen LogP contribution < -0.4 is 5.32 Å². The quantitative estimate of drug-likeness (QED) is 0.255. The SMILES string of the molecule is C1=CC(c2cncc3[nH]c(-c4n[nH]c5ccc(-c6cncc(CNCC7CCCC7)c6)cc45)nc23)=CC1. The smallest absolute Gasteiger partial charge is 0.159 e. The van der Waals surface area contributed by atoms with Crippen molar-refractivity contribution in [2.24, 2.45) is 5.92 Å². The summed E-state index contributed by atoms with van der Waals surface area (Å²) in [6, 6.07) is 8.61. The van der Waals surface area contributed by atoms with Gasteiger partial charge in [-0.3, -0.25) is 15.1 Å². The van der Waals surface area contributed by atoms with Crippen LogP contribution in [0.4, 0.5) is 0 Å². The first kappa shape index (κ1) is 22.1. The summed E-state index contributed by atoms with van der Waals surface area (Å²) < 4.78 is 0. The minimum absolute atomic E-state index is 0.734. The summed E-state index contributed by atoms with van der Waals surface area (Å²) in [7, 11) is 0. The highest BCUT2D eigenvalue weighted by molar-refractivity contribution is 5.98. The summed E-state index contributed by atoms with van der Waals surface area (Å²) in [5, 5.41) is 12.5. The molecule has 0 bridgehead atoms. The van der Waals surface area contributed by atoms with Crippen LogP contribution in [0.3, 0.4) is 0 Å². The molecule has 0 unspecified atom stereocenters. The minimum Gasteiger partial charge on any atom is -0.335 e. The first-order valence-electron chi connectivity index (χ1n) is 13.2. The number of imidazole rings is 1. The van der Waals surface area contributed by atoms with Gasteiger partial charge in [0.2, 0.25) is 0 Å². The summed E-state index contributed by atoms with van der Waals surface area (Å²) in [4.78, 5) is 17.4. The third-order valence-corrected chi connectivity index (χ3v) is 7.63. The maximum Gasteiger partial charge on any atom is 0.159 e. The Hall–Kier alpha value is -4.10. The van der Waals surface area contributed by atoms with Crippen LogP contribution in [0.5, 0.6) is 0 Å². The molecule has 0 saturated heterocycles. The molecule has 7 rings (SSSR count). The zero-order valence-electron chi connectivity index (χ0n) is 20.7. The summed E-state index contributed by atoms with van der Waals surface area (Å²) in [6.07, 6.45) is 20.5. The number of rotatable bonds is 7. The Kier molecular flexibility index (Phi) is 5.63. The van der Waals surface area contributed by atoms with Gasteiger partial charge in [0.1, 0.15) is 5.69 Å². The fourth-order valence-electron chi connectivity index (χ4n) is 5.67. The minimum atomic E-state index is 0.734. The molecule has 4 aromatic heterocycles. The monoisotopic (exact) mass is 487 g/mol. The number of aromatic nitrogens is 6. The average molecular weight is 488 g/mol. The molecule has 3 N–H and O–H groups in total. The van der Waals surface area contributed by atoms with Gasteiger partial charge < -0.3 is 10.3 Å². The second kappa shape index (κ2) is 9.41. The van der Waals surface area contributed by atoms with Crippen LogP contribution in [0, 0.1) is 5.92 Å². The Morgan fingerprint density at radius 3 is 2.76 bits per heavy atom. The van der Waals surface area contributed by atoms with Gasteiger partial charge in [-0.1, -0.05) is 37.1 Å². The molecule has 37 heavy (non-hydrogen) atoms. The zero-order chi connectivity index (χ0) is 24.6. The van der Waals surface area contributed by atoms with Crippen LogP contribution in [-0.4, -0.2) is 36.7 Å². The number of hydrogen-bond acceptors (Lipinski definition) is 5. The summed E-state index contributed by atoms with van der Waals surface area (Å²) in [5.74, 6) is 1.56. The van der Waals surface area contributed by atoms with E-state index in [0.29, 0.717) is 0 Å². The molecule has 1 aromatic carbocycles. The highest BCUT2D eigenvalue weighted by atomic mass is 15.1. The van der Waals surface area contributed by atoms with Gasteiger partial charge in [0, 0.05) is 41.6 Å². The molecule has 7 nitrogen and oxygen atoms in total. The van der Waals surface area contributed by atoms with Gasteiger partial charge in [0.05, 0.1) is 22.7 Å². The number of aromatic amines is 2. The molecule has 0 atom stereocenters. The predicted molar refractivity (Wildman–Crippen MR) is 148 cm³/mol. The van der Waals surface area contributed by atoms with Crippen molar-refractivity contribution in [1.29, 1.82) is 0 Å². The van der Waals surface area contributed by atoms with Crippen molar-refractivity contribution < 1.29 is 0 Å². The van der Waals surface area contributed by atoms with E-state index in [1.807, 2.05) is 24.8 Å². The third kappa shape index (κ3) is 4.25. The van der Waals surface area contributed by atoms with E-state index in [4.69, 9.17) is 4.98 Å². The molecular weight excluding hydrogens is 458 g/mol. The Balaban J connectivity index is 1.19. The molecule has 0 radical (unpaired) electrons. The number of nitrogens with zero attached hydrogens (tertiary/aromatic N) is 4. The predicted octanol–water partition coefficient (Wildman–Crippen LogP) is 6.19. The molecule has 0 spiro atoms. The van der Waals surface area contributed by atoms with Gasteiger partial charge in [-0.25, -0.2) is 4.98 Å². The lowest BCUT2D eigenvalue weighted by molar-refractivity contribution is 0.489. The van der Waals surface area contributed by atoms with Gasteiger partial charge in [-0.05, 0) is 66.6 Å². The normalized spacial score (nSPS) is 15.8. The first-order valence-corrected chi connectivity index (χ1v) is 13.2. The number of fused-ring (bicyclic) bond motifs is 2. The van der Waals surface area contributed by atoms with Gasteiger partial charge in [0.25, 0.3) is 0 Å². The van der Waals surface area contributed by atoms with E-state index in [2.05, 4.69) is 73.0 Å². The van der Waals surface area contributed by atoms with E-state index in [1.54, 1.807) is 0 Å². The fourth-order valence-corrected chi connectivity index (χ4v) is 5.67. The van der Waals surface area contributed by atoms with Crippen molar-refractivity contribution in [3.63, 3.8) is 0 Å². The van der Waals surface area contributed by atoms with E-state index < -0.39 is 0 Å². The van der Waals surface area contributed by atoms with Gasteiger partial charge >= 0.3 is 0 Å². The largest absolute Gasteiger partial charge is 0.335 e. The van der Waals surface area contributed by atoms with Gasteiger partial charge in [-0.15, -0.1) is 0 Å². The van der Waals surface area contributed by atoms with Gasteiger partial charge in [-0.2, -0.15) is 5.10 Å². The van der Waals surface area contributed by atoms with Crippen molar-refractivity contribution >= 4 is 27.5 Å². The van der Waals surface area contributed by atoms with Crippen molar-refractivity contribution in [2.75, 3.05) is 6.54 Å². The molecule has 1 fully saturated rings. The van der Waals surface area contributed by atoms with Crippen LogP contribution in [0.15, 0.2) is 67.3 Å². The van der Waals surface area contributed by atoms with Crippen LogP contribution in [0.25, 0.3) is 50.2 Å². The maximum absolute atomic E-state index is 4.96. The molecule has 0 amide bonds. The summed E-state index contributed by atoms with van der Waals surface area (Å²) in [6.45, 7) is 1.94. The number of pyridine rings is 2. The third-order valence-electron chi connectivity index (χ3n) is 7.63. The lowest BCUT2D eigenvalue weighted by atomic mass is 10.0. The fraction of sp³-hybridized carbons (Fsp3) is 0.267. The number of nitrogens with one attached hydrogen (secondary N) is 3. The number of hydrogen-bond donors (Lipinski definition) is 3. The first-order chi connectivity index (χ1) is 18.3. The Morgan fingerprint density at radius 1 is 0.946 bits per heavy atom. The highest BCUT2D eigenvalue weighted by Gasteiger charge is 2.17. The van der Waals surface area contributed by atoms with Gasteiger partial charge in [0.15, 0.2) is 5.82 Å². The topological polar surface area (TPSA) is 95.2 Å². The molecular formula is C30H29N7. The van der Waals surface area contributed by atoms with Crippen LogP contribution >= 0.6 is 0 Å². The Morgan fingerprint density at radius 2 is 1.86 bits per heavy atom. The molecule has 184 valence electrons. The number of H-pyrrole nitrogens is 2. The van der Waals surface area contributed by atoms with E-state index in [0.717, 1.165) is 81.1 Å². The number of benzene rings is 1. The lowest BCUT2D eigenvalue weighted by Gasteiger charge is -2.11. The van der Waals surface area contributed by atoms with E-state index >= 15 is 0 Å². The standard InChI is InChI=1S/C30H29N7/c1-2-6-19(5-1)13-31-14-20-11-23(16-32-15-20)22-9-10-26-24(12-22)29(37-36-26)30-34-27-18-33-17-25(28(27)35-30)21-7-3-4-8-21/h3,7-12,15-19,31H,1-2,4-6,13-14H2,(H,34,35)(H,36,37). The van der Waals surface area contributed by atoms with Crippen molar-refractivity contribution in [2.45, 2.75) is 38.6 Å². The second-order valence-electron chi connectivity index (χ2n) is 10.2. The second-order valence-corrected chi connectivity index (χ2v) is 10.2. The van der Waals surface area contributed by atoms with Crippen molar-refractivity contribution in [1.82, 2.24) is 35.5 Å². The van der Waals surface area contributed by atoms with Crippen LogP contribution in [0.1, 0.15) is 43.2 Å². The Labute approximate surface area is 215 Å². The average Bonchev–Trinajstić information content (AvgIpc) is 3.74. The molecule has 1 saturated carbocycles. The summed E-state index contributed by atoms with van der Waals surface area (Å²) >= 11 is 0. The van der Waals surface area contributed by atoms with E-state index in [1.165, 1.54) is 31.2 Å². The zero-order valence-corrected chi connectivity index (χ0v) is 20.7. The molecule has 7 heteroatoms. The molecule has 0 aliphatic heterocycles. The highest BCUT2D eigenvalue weighted by Crippen LogP contribution is 2.33. The van der Waals surface area contributed by atoms with E-state index in [-0.39, 0.29) is 0 Å². The molecule has 2 aliphatic carbocycles. The van der Waals surface area contributed by atoms with Crippen LogP contribution in [-0.2, 0) is 6.54 Å². The molecule has 4 heterocycles. The van der Waals surface area contributed by atoms with Crippen molar-refractivity contribution in [3.8, 4) is 22.6 Å². The number of allylic oxidation sites excluding steroid dienone is 4. The lowest BCUT2D eigenvalue weighted by Crippen LogP contribution is -2.20. The van der Waals surface area contributed by atoms with E-state index in [9.17, 15) is 0 Å².